The van der Waals surface area contributed by atoms with Gasteiger partial charge in [0.25, 0.3) is 0 Å². The summed E-state index contributed by atoms with van der Waals surface area (Å²) in [5.74, 6) is 0.459. The van der Waals surface area contributed by atoms with Crippen LogP contribution in [0.3, 0.4) is 0 Å². The molecule has 0 saturated carbocycles. The number of nitriles is 1. The predicted molar refractivity (Wildman–Crippen MR) is 145 cm³/mol. The molecule has 4 aromatic carbocycles. The van der Waals surface area contributed by atoms with Crippen molar-refractivity contribution in [2.45, 2.75) is 19.4 Å². The Morgan fingerprint density at radius 2 is 1.70 bits per heavy atom. The molecule has 1 heterocycles. The predicted octanol–water partition coefficient (Wildman–Crippen LogP) is 5.92. The number of halogens is 1. The molecule has 40 heavy (non-hydrogen) atoms. The van der Waals surface area contributed by atoms with Crippen LogP contribution in [0.1, 0.15) is 28.2 Å². The number of rotatable bonds is 8. The van der Waals surface area contributed by atoms with Gasteiger partial charge >= 0.3 is 5.97 Å². The van der Waals surface area contributed by atoms with E-state index >= 15 is 0 Å². The number of carbonyl (C=O) groups is 1. The number of hydrogen-bond donors (Lipinski definition) is 1. The number of fused-ring (bicyclic) bond motifs is 1. The second-order valence-electron chi connectivity index (χ2n) is 9.14. The first-order valence-electron chi connectivity index (χ1n) is 12.5. The van der Waals surface area contributed by atoms with Crippen molar-refractivity contribution in [3.63, 3.8) is 0 Å². The quantitative estimate of drug-likeness (QED) is 0.220. The summed E-state index contributed by atoms with van der Waals surface area (Å²) < 4.78 is 35.7. The van der Waals surface area contributed by atoms with Gasteiger partial charge in [-0.05, 0) is 60.0 Å². The summed E-state index contributed by atoms with van der Waals surface area (Å²) >= 11 is 0. The van der Waals surface area contributed by atoms with Crippen LogP contribution in [0, 0.1) is 24.1 Å². The van der Waals surface area contributed by atoms with Crippen molar-refractivity contribution in [3.05, 3.63) is 131 Å². The van der Waals surface area contributed by atoms with E-state index in [0.717, 1.165) is 16.7 Å². The van der Waals surface area contributed by atoms with Crippen molar-refractivity contribution in [2.75, 3.05) is 6.61 Å². The fourth-order valence-corrected chi connectivity index (χ4v) is 4.36. The van der Waals surface area contributed by atoms with Gasteiger partial charge in [-0.25, -0.2) is 9.18 Å². The van der Waals surface area contributed by atoms with E-state index in [4.69, 9.17) is 24.7 Å². The molecule has 2 N–H and O–H groups in total. The highest BCUT2D eigenvalue weighted by Crippen LogP contribution is 2.43. The molecule has 0 aliphatic carbocycles. The van der Waals surface area contributed by atoms with Crippen LogP contribution >= 0.6 is 0 Å². The molecule has 7 nitrogen and oxygen atoms in total. The zero-order valence-electron chi connectivity index (χ0n) is 21.6. The van der Waals surface area contributed by atoms with Crippen LogP contribution in [0.25, 0.3) is 0 Å². The summed E-state index contributed by atoms with van der Waals surface area (Å²) in [6.07, 6.45) is 0. The van der Waals surface area contributed by atoms with Gasteiger partial charge in [0.2, 0.25) is 5.88 Å². The number of nitrogens with zero attached hydrogens (tertiary/aromatic N) is 1. The topological polar surface area (TPSA) is 104 Å². The fourth-order valence-electron chi connectivity index (χ4n) is 4.36. The molecule has 200 valence electrons. The summed E-state index contributed by atoms with van der Waals surface area (Å²) in [5.41, 5.74) is 9.63. The number of esters is 1. The summed E-state index contributed by atoms with van der Waals surface area (Å²) in [7, 11) is 0. The Labute approximate surface area is 230 Å². The first-order chi connectivity index (χ1) is 19.4. The molecule has 0 amide bonds. The van der Waals surface area contributed by atoms with Crippen LogP contribution in [0.15, 0.2) is 102 Å². The first kappa shape index (κ1) is 26.3. The standard InChI is InChI=1S/C32H25FN2O5/c1-20-4-2-3-5-28(20)38-19-30(36)39-25-14-15-26-29(16-25)40-32(35)27(17-34)31(26)22-8-12-24(13-9-22)37-18-21-6-10-23(33)11-7-21/h2-16,31H,18-19,35H2,1H3. The molecule has 1 aliphatic rings. The molecule has 0 spiro atoms. The third-order valence-corrected chi connectivity index (χ3v) is 6.39. The Kier molecular flexibility index (Phi) is 7.65. The zero-order valence-corrected chi connectivity index (χ0v) is 21.6. The van der Waals surface area contributed by atoms with Crippen LogP contribution < -0.4 is 24.7 Å². The highest BCUT2D eigenvalue weighted by Gasteiger charge is 2.31. The molecule has 8 heteroatoms. The molecule has 4 aromatic rings. The lowest BCUT2D eigenvalue weighted by Gasteiger charge is -2.26. The average Bonchev–Trinajstić information content (AvgIpc) is 2.96. The number of ether oxygens (including phenoxy) is 4. The Hall–Kier alpha value is -5.29. The highest BCUT2D eigenvalue weighted by molar-refractivity contribution is 5.74. The first-order valence-corrected chi connectivity index (χ1v) is 12.5. The van der Waals surface area contributed by atoms with E-state index in [1.54, 1.807) is 48.5 Å². The Bertz CT molecular complexity index is 1610. The minimum atomic E-state index is -0.576. The van der Waals surface area contributed by atoms with E-state index in [1.807, 2.05) is 37.3 Å². The molecule has 1 aliphatic heterocycles. The minimum absolute atomic E-state index is 0.0250. The van der Waals surface area contributed by atoms with Crippen molar-refractivity contribution >= 4 is 5.97 Å². The fraction of sp³-hybridized carbons (Fsp3) is 0.125. The third kappa shape index (κ3) is 5.89. The van der Waals surface area contributed by atoms with Crippen LogP contribution in [0.5, 0.6) is 23.0 Å². The molecule has 1 atom stereocenters. The zero-order chi connectivity index (χ0) is 28.1. The smallest absolute Gasteiger partial charge is 0.349 e. The molecular weight excluding hydrogens is 511 g/mol. The Morgan fingerprint density at radius 1 is 0.975 bits per heavy atom. The SMILES string of the molecule is Cc1ccccc1OCC(=O)Oc1ccc2c(c1)OC(N)=C(C#N)C2c1ccc(OCc2ccc(F)cc2)cc1. The minimum Gasteiger partial charge on any atom is -0.489 e. The third-order valence-electron chi connectivity index (χ3n) is 6.39. The van der Waals surface area contributed by atoms with Gasteiger partial charge < -0.3 is 24.7 Å². The van der Waals surface area contributed by atoms with Crippen molar-refractivity contribution in [1.29, 1.82) is 5.26 Å². The number of hydrogen-bond acceptors (Lipinski definition) is 7. The number of allylic oxidation sites excluding steroid dienone is 1. The van der Waals surface area contributed by atoms with Gasteiger partial charge in [0.15, 0.2) is 6.61 Å². The lowest BCUT2D eigenvalue weighted by Crippen LogP contribution is -2.21. The number of nitrogens with two attached hydrogens (primary N) is 1. The summed E-state index contributed by atoms with van der Waals surface area (Å²) in [4.78, 5) is 12.4. The number of para-hydroxylation sites is 1. The number of aryl methyl sites for hydroxylation is 1. The van der Waals surface area contributed by atoms with E-state index in [9.17, 15) is 14.4 Å². The molecular formula is C32H25FN2O5. The van der Waals surface area contributed by atoms with Gasteiger partial charge in [-0.3, -0.25) is 0 Å². The molecule has 0 aromatic heterocycles. The van der Waals surface area contributed by atoms with Gasteiger partial charge in [-0.1, -0.05) is 48.5 Å². The highest BCUT2D eigenvalue weighted by atomic mass is 19.1. The van der Waals surface area contributed by atoms with Crippen LogP contribution in [-0.4, -0.2) is 12.6 Å². The molecule has 1 unspecified atom stereocenters. The number of benzene rings is 4. The normalized spacial score (nSPS) is 14.0. The van der Waals surface area contributed by atoms with Crippen molar-refractivity contribution < 1.29 is 28.1 Å². The van der Waals surface area contributed by atoms with E-state index in [1.165, 1.54) is 12.1 Å². The molecule has 5 rings (SSSR count). The lowest BCUT2D eigenvalue weighted by atomic mass is 9.83. The summed E-state index contributed by atoms with van der Waals surface area (Å²) in [5, 5.41) is 9.85. The van der Waals surface area contributed by atoms with E-state index in [-0.39, 0.29) is 36.2 Å². The van der Waals surface area contributed by atoms with Crippen molar-refractivity contribution in [3.8, 4) is 29.1 Å². The monoisotopic (exact) mass is 536 g/mol. The average molecular weight is 537 g/mol. The van der Waals surface area contributed by atoms with Gasteiger partial charge in [0, 0.05) is 11.6 Å². The Balaban J connectivity index is 1.30. The van der Waals surface area contributed by atoms with Gasteiger partial charge in [0.1, 0.15) is 47.1 Å². The van der Waals surface area contributed by atoms with Gasteiger partial charge in [-0.15, -0.1) is 0 Å². The molecule has 0 bridgehead atoms. The van der Waals surface area contributed by atoms with E-state index < -0.39 is 11.9 Å². The van der Waals surface area contributed by atoms with Crippen molar-refractivity contribution in [1.82, 2.24) is 0 Å². The van der Waals surface area contributed by atoms with E-state index in [2.05, 4.69) is 6.07 Å². The lowest BCUT2D eigenvalue weighted by molar-refractivity contribution is -0.136. The van der Waals surface area contributed by atoms with Crippen LogP contribution in [0.4, 0.5) is 4.39 Å². The second kappa shape index (κ2) is 11.6. The largest absolute Gasteiger partial charge is 0.489 e. The molecule has 0 fully saturated rings. The molecule has 0 radical (unpaired) electrons. The second-order valence-corrected chi connectivity index (χ2v) is 9.14. The summed E-state index contributed by atoms with van der Waals surface area (Å²) in [6, 6.07) is 27.9. The maximum Gasteiger partial charge on any atom is 0.349 e. The van der Waals surface area contributed by atoms with E-state index in [0.29, 0.717) is 22.8 Å². The maximum absolute atomic E-state index is 13.1. The number of carbonyl (C=O) groups excluding carboxylic acids is 1. The maximum atomic E-state index is 13.1. The van der Waals surface area contributed by atoms with Crippen LogP contribution in [0.2, 0.25) is 0 Å². The van der Waals surface area contributed by atoms with Gasteiger partial charge in [0.05, 0.1) is 5.92 Å². The van der Waals surface area contributed by atoms with Crippen molar-refractivity contribution in [2.24, 2.45) is 5.73 Å². The van der Waals surface area contributed by atoms with Gasteiger partial charge in [-0.2, -0.15) is 5.26 Å². The Morgan fingerprint density at radius 3 is 2.42 bits per heavy atom. The molecule has 0 saturated heterocycles. The summed E-state index contributed by atoms with van der Waals surface area (Å²) in [6.45, 7) is 1.91. The van der Waals surface area contributed by atoms with Crippen LogP contribution in [-0.2, 0) is 11.4 Å².